The number of aromatic nitrogens is 3. The quantitative estimate of drug-likeness (QED) is 0.579. The first-order valence-corrected chi connectivity index (χ1v) is 8.79. The summed E-state index contributed by atoms with van der Waals surface area (Å²) in [4.78, 5) is 25.8. The van der Waals surface area contributed by atoms with Gasteiger partial charge in [0.05, 0.1) is 11.4 Å². The van der Waals surface area contributed by atoms with Gasteiger partial charge in [0.1, 0.15) is 5.82 Å². The maximum atomic E-state index is 12.5. The Morgan fingerprint density at radius 1 is 1.11 bits per heavy atom. The Bertz CT molecular complexity index is 912. The molecule has 4 N–H and O–H groups in total. The van der Waals surface area contributed by atoms with E-state index in [1.165, 1.54) is 0 Å². The van der Waals surface area contributed by atoms with Gasteiger partial charge in [-0.1, -0.05) is 13.0 Å². The van der Waals surface area contributed by atoms with Gasteiger partial charge >= 0.3 is 0 Å². The Morgan fingerprint density at radius 3 is 2.56 bits per heavy atom. The lowest BCUT2D eigenvalue weighted by Crippen LogP contribution is -2.18. The third-order valence-corrected chi connectivity index (χ3v) is 4.06. The van der Waals surface area contributed by atoms with E-state index in [2.05, 4.69) is 32.5 Å². The molecule has 7 nitrogen and oxygen atoms in total. The van der Waals surface area contributed by atoms with Crippen LogP contribution in [0.15, 0.2) is 54.7 Å². The average molecular weight is 362 g/mol. The van der Waals surface area contributed by atoms with E-state index in [-0.39, 0.29) is 11.9 Å². The Balaban J connectivity index is 1.91. The summed E-state index contributed by atoms with van der Waals surface area (Å²) in [6.07, 6.45) is 2.62. The number of amides is 1. The first-order chi connectivity index (χ1) is 13.0. The molecule has 0 radical (unpaired) electrons. The molecule has 0 spiro atoms. The van der Waals surface area contributed by atoms with E-state index >= 15 is 0 Å². The summed E-state index contributed by atoms with van der Waals surface area (Å²) in [6, 6.07) is 14.2. The van der Waals surface area contributed by atoms with E-state index in [0.717, 1.165) is 6.42 Å². The number of anilines is 3. The molecule has 0 aliphatic carbocycles. The first kappa shape index (κ1) is 18.3. The maximum absolute atomic E-state index is 12.5. The highest BCUT2D eigenvalue weighted by Gasteiger charge is 2.12. The van der Waals surface area contributed by atoms with Gasteiger partial charge < -0.3 is 16.4 Å². The Kier molecular flexibility index (Phi) is 5.61. The second-order valence-electron chi connectivity index (χ2n) is 6.21. The Labute approximate surface area is 158 Å². The highest BCUT2D eigenvalue weighted by atomic mass is 16.1. The fraction of sp³-hybridized carbons (Fsp3) is 0.200. The third kappa shape index (κ3) is 4.78. The van der Waals surface area contributed by atoms with Crippen LogP contribution < -0.4 is 16.4 Å². The van der Waals surface area contributed by atoms with Crippen molar-refractivity contribution in [2.45, 2.75) is 26.3 Å². The van der Waals surface area contributed by atoms with Crippen LogP contribution in [0.5, 0.6) is 0 Å². The topological polar surface area (TPSA) is 106 Å². The van der Waals surface area contributed by atoms with Gasteiger partial charge in [0.2, 0.25) is 5.95 Å². The Morgan fingerprint density at radius 2 is 1.89 bits per heavy atom. The number of hydrogen-bond acceptors (Lipinski definition) is 6. The van der Waals surface area contributed by atoms with Crippen molar-refractivity contribution in [1.29, 1.82) is 0 Å². The van der Waals surface area contributed by atoms with Crippen molar-refractivity contribution in [1.82, 2.24) is 15.0 Å². The Hall–Kier alpha value is -3.48. The number of hydrogen-bond donors (Lipinski definition) is 3. The number of carbonyl (C=O) groups excluding carboxylic acids is 1. The summed E-state index contributed by atoms with van der Waals surface area (Å²) >= 11 is 0. The van der Waals surface area contributed by atoms with Crippen LogP contribution in [-0.4, -0.2) is 26.9 Å². The van der Waals surface area contributed by atoms with E-state index in [4.69, 9.17) is 5.73 Å². The standard InChI is InChI=1S/C20H22N6O/c1-3-13(2)23-20-24-17(16-6-4-5-11-22-16)12-18(26-20)25-19(27)14-7-9-15(21)10-8-14/h4-13H,3,21H2,1-2H3,(H2,23,24,25,26,27)/t13-/m1/s1. The predicted octanol–water partition coefficient (Wildman–Crippen LogP) is 3.58. The van der Waals surface area contributed by atoms with Gasteiger partial charge in [0.25, 0.3) is 5.91 Å². The molecular formula is C20H22N6O. The minimum Gasteiger partial charge on any atom is -0.399 e. The van der Waals surface area contributed by atoms with Crippen molar-refractivity contribution in [3.63, 3.8) is 0 Å². The molecule has 3 aromatic rings. The van der Waals surface area contributed by atoms with E-state index < -0.39 is 0 Å². The summed E-state index contributed by atoms with van der Waals surface area (Å²) < 4.78 is 0. The lowest BCUT2D eigenvalue weighted by atomic mass is 10.2. The summed E-state index contributed by atoms with van der Waals surface area (Å²) in [7, 11) is 0. The molecule has 0 aliphatic rings. The van der Waals surface area contributed by atoms with Gasteiger partial charge in [-0.05, 0) is 49.7 Å². The van der Waals surface area contributed by atoms with Gasteiger partial charge in [-0.15, -0.1) is 0 Å². The molecule has 138 valence electrons. The molecule has 0 bridgehead atoms. The monoisotopic (exact) mass is 362 g/mol. The van der Waals surface area contributed by atoms with Gasteiger partial charge in [-0.2, -0.15) is 4.98 Å². The average Bonchev–Trinajstić information content (AvgIpc) is 2.69. The number of nitrogens with two attached hydrogens (primary N) is 1. The SMILES string of the molecule is CC[C@@H](C)Nc1nc(NC(=O)c2ccc(N)cc2)cc(-c2ccccn2)n1. The molecule has 0 aliphatic heterocycles. The van der Waals surface area contributed by atoms with E-state index in [1.807, 2.05) is 25.1 Å². The van der Waals surface area contributed by atoms with Crippen LogP contribution in [0.3, 0.4) is 0 Å². The molecule has 1 amide bonds. The largest absolute Gasteiger partial charge is 0.399 e. The number of rotatable bonds is 6. The maximum Gasteiger partial charge on any atom is 0.256 e. The van der Waals surface area contributed by atoms with Crippen LogP contribution in [0.25, 0.3) is 11.4 Å². The van der Waals surface area contributed by atoms with Crippen LogP contribution in [-0.2, 0) is 0 Å². The van der Waals surface area contributed by atoms with Crippen molar-refractivity contribution < 1.29 is 4.79 Å². The van der Waals surface area contributed by atoms with Crippen LogP contribution >= 0.6 is 0 Å². The van der Waals surface area contributed by atoms with E-state index in [9.17, 15) is 4.79 Å². The molecule has 1 aromatic carbocycles. The smallest absolute Gasteiger partial charge is 0.256 e. The minimum atomic E-state index is -0.268. The summed E-state index contributed by atoms with van der Waals surface area (Å²) in [5, 5.41) is 6.07. The fourth-order valence-electron chi connectivity index (χ4n) is 2.37. The first-order valence-electron chi connectivity index (χ1n) is 8.79. The lowest BCUT2D eigenvalue weighted by Gasteiger charge is -2.14. The second-order valence-corrected chi connectivity index (χ2v) is 6.21. The molecule has 0 saturated heterocycles. The molecule has 0 fully saturated rings. The molecule has 2 aromatic heterocycles. The molecular weight excluding hydrogens is 340 g/mol. The molecule has 3 rings (SSSR count). The van der Waals surface area contributed by atoms with E-state index in [0.29, 0.717) is 34.4 Å². The fourth-order valence-corrected chi connectivity index (χ4v) is 2.37. The zero-order valence-corrected chi connectivity index (χ0v) is 15.3. The molecule has 0 unspecified atom stereocenters. The van der Waals surface area contributed by atoms with Crippen molar-refractivity contribution in [3.8, 4) is 11.4 Å². The molecule has 0 saturated carbocycles. The van der Waals surface area contributed by atoms with Gasteiger partial charge in [-0.25, -0.2) is 4.98 Å². The summed E-state index contributed by atoms with van der Waals surface area (Å²) in [5.41, 5.74) is 8.11. The second kappa shape index (κ2) is 8.27. The normalized spacial score (nSPS) is 11.6. The van der Waals surface area contributed by atoms with Crippen LogP contribution in [0.2, 0.25) is 0 Å². The number of nitrogens with one attached hydrogen (secondary N) is 2. The minimum absolute atomic E-state index is 0.199. The van der Waals surface area contributed by atoms with Crippen LogP contribution in [0.1, 0.15) is 30.6 Å². The van der Waals surface area contributed by atoms with Gasteiger partial charge in [0, 0.05) is 29.6 Å². The summed E-state index contributed by atoms with van der Waals surface area (Å²) in [6.45, 7) is 4.12. The zero-order valence-electron chi connectivity index (χ0n) is 15.3. The lowest BCUT2D eigenvalue weighted by molar-refractivity contribution is 0.102. The number of benzene rings is 1. The molecule has 27 heavy (non-hydrogen) atoms. The highest BCUT2D eigenvalue weighted by Crippen LogP contribution is 2.20. The van der Waals surface area contributed by atoms with Crippen molar-refractivity contribution in [2.75, 3.05) is 16.4 Å². The van der Waals surface area contributed by atoms with Crippen molar-refractivity contribution in [2.24, 2.45) is 0 Å². The van der Waals surface area contributed by atoms with Crippen molar-refractivity contribution in [3.05, 3.63) is 60.3 Å². The zero-order chi connectivity index (χ0) is 19.2. The molecule has 1 atom stereocenters. The number of carbonyl (C=O) groups is 1. The highest BCUT2D eigenvalue weighted by molar-refractivity contribution is 6.04. The summed E-state index contributed by atoms with van der Waals surface area (Å²) in [5.74, 6) is 0.577. The third-order valence-electron chi connectivity index (χ3n) is 4.06. The van der Waals surface area contributed by atoms with E-state index in [1.54, 1.807) is 36.5 Å². The predicted molar refractivity (Wildman–Crippen MR) is 107 cm³/mol. The number of pyridine rings is 1. The van der Waals surface area contributed by atoms with Gasteiger partial charge in [0.15, 0.2) is 0 Å². The van der Waals surface area contributed by atoms with Crippen LogP contribution in [0, 0.1) is 0 Å². The number of nitrogens with zero attached hydrogens (tertiary/aromatic N) is 3. The molecule has 2 heterocycles. The van der Waals surface area contributed by atoms with Gasteiger partial charge in [-0.3, -0.25) is 9.78 Å². The van der Waals surface area contributed by atoms with Crippen LogP contribution in [0.4, 0.5) is 17.5 Å². The van der Waals surface area contributed by atoms with Crippen molar-refractivity contribution >= 4 is 23.4 Å². The number of nitrogen functional groups attached to an aromatic ring is 1. The molecule has 7 heteroatoms.